The van der Waals surface area contributed by atoms with Crippen molar-refractivity contribution in [3.63, 3.8) is 0 Å². The van der Waals surface area contributed by atoms with Gasteiger partial charge in [0.2, 0.25) is 5.95 Å². The number of aliphatic imine (C=N–C) groups is 1. The highest BCUT2D eigenvalue weighted by atomic mass is 35.5. The minimum Gasteiger partial charge on any atom is -0.506 e. The lowest BCUT2D eigenvalue weighted by Gasteiger charge is -2.06. The fourth-order valence-electron chi connectivity index (χ4n) is 1.92. The lowest BCUT2D eigenvalue weighted by molar-refractivity contribution is 0.475. The topological polar surface area (TPSA) is 86.2 Å². The molecule has 1 heterocycles. The maximum Gasteiger partial charge on any atom is 0.269 e. The molecule has 0 aliphatic carbocycles. The van der Waals surface area contributed by atoms with Gasteiger partial charge in [0.05, 0.1) is 25.8 Å². The van der Waals surface area contributed by atoms with Gasteiger partial charge in [-0.2, -0.15) is 4.98 Å². The van der Waals surface area contributed by atoms with Crippen molar-refractivity contribution in [2.24, 2.45) is 4.99 Å². The van der Waals surface area contributed by atoms with E-state index in [0.29, 0.717) is 31.3 Å². The Balaban J connectivity index is 1.80. The Morgan fingerprint density at radius 2 is 1.69 bits per heavy atom. The first-order chi connectivity index (χ1) is 12.3. The molecule has 0 aliphatic heterocycles. The predicted octanol–water partition coefficient (Wildman–Crippen LogP) is 6.27. The third kappa shape index (κ3) is 4.34. The molecule has 0 spiro atoms. The average molecular weight is 452 g/mol. The third-order valence-corrected chi connectivity index (χ3v) is 4.65. The van der Waals surface area contributed by atoms with Crippen molar-refractivity contribution in [3.8, 4) is 5.75 Å². The first-order valence-electron chi connectivity index (χ1n) is 6.89. The van der Waals surface area contributed by atoms with E-state index in [9.17, 15) is 5.11 Å². The van der Waals surface area contributed by atoms with Gasteiger partial charge in [-0.05, 0) is 24.3 Å². The molecule has 0 bridgehead atoms. The second-order valence-corrected chi connectivity index (χ2v) is 7.00. The molecule has 0 atom stereocenters. The molecule has 0 amide bonds. The number of rotatable bonds is 4. The molecule has 26 heavy (non-hydrogen) atoms. The van der Waals surface area contributed by atoms with Crippen LogP contribution in [0.3, 0.4) is 0 Å². The molecule has 134 valence electrons. The number of H-pyrrole nitrogens is 1. The van der Waals surface area contributed by atoms with E-state index in [2.05, 4.69) is 25.5 Å². The van der Waals surface area contributed by atoms with Crippen molar-refractivity contribution in [1.82, 2.24) is 15.2 Å². The molecule has 2 aromatic carbocycles. The van der Waals surface area contributed by atoms with Crippen LogP contribution in [0.15, 0.2) is 29.3 Å². The molecule has 0 aliphatic rings. The lowest BCUT2D eigenvalue weighted by Crippen LogP contribution is -1.93. The second kappa shape index (κ2) is 7.90. The molecule has 3 N–H and O–H groups in total. The molecular weight excluding hydrogens is 443 g/mol. The van der Waals surface area contributed by atoms with Crippen LogP contribution >= 0.6 is 58.0 Å². The van der Waals surface area contributed by atoms with Crippen molar-refractivity contribution in [2.75, 3.05) is 5.32 Å². The molecule has 6 nitrogen and oxygen atoms in total. The number of halogens is 5. The minimum absolute atomic E-state index is 0.110. The standard InChI is InChI=1S/C15H8Cl5N5O/c16-7-1-6(13(26)11(20)2-7)5-21-14-23-15(25-24-14)22-12-4-9(18)8(17)3-10(12)19/h1-5,26H,(H2,22,23,24,25)/b21-5+. The summed E-state index contributed by atoms with van der Waals surface area (Å²) in [6.45, 7) is 0. The fourth-order valence-corrected chi connectivity index (χ4v) is 3.03. The number of nitrogens with one attached hydrogen (secondary N) is 2. The van der Waals surface area contributed by atoms with Crippen LogP contribution in [-0.4, -0.2) is 26.5 Å². The van der Waals surface area contributed by atoms with E-state index in [1.165, 1.54) is 24.4 Å². The zero-order valence-electron chi connectivity index (χ0n) is 12.6. The van der Waals surface area contributed by atoms with Gasteiger partial charge in [0.15, 0.2) is 0 Å². The molecule has 0 fully saturated rings. The van der Waals surface area contributed by atoms with E-state index in [1.807, 2.05) is 0 Å². The molecule has 0 saturated heterocycles. The summed E-state index contributed by atoms with van der Waals surface area (Å²) in [4.78, 5) is 8.19. The van der Waals surface area contributed by atoms with Gasteiger partial charge < -0.3 is 10.4 Å². The number of aromatic hydroxyl groups is 1. The first-order valence-corrected chi connectivity index (χ1v) is 8.78. The monoisotopic (exact) mass is 449 g/mol. The molecule has 0 radical (unpaired) electrons. The number of anilines is 2. The normalized spacial score (nSPS) is 11.3. The molecule has 3 aromatic rings. The van der Waals surface area contributed by atoms with Crippen LogP contribution in [0.25, 0.3) is 0 Å². The summed E-state index contributed by atoms with van der Waals surface area (Å²) in [6.07, 6.45) is 1.34. The zero-order valence-corrected chi connectivity index (χ0v) is 16.3. The van der Waals surface area contributed by atoms with Crippen molar-refractivity contribution >= 4 is 81.8 Å². The maximum atomic E-state index is 9.90. The minimum atomic E-state index is -0.142. The smallest absolute Gasteiger partial charge is 0.269 e. The predicted molar refractivity (Wildman–Crippen MR) is 107 cm³/mol. The molecular formula is C15H8Cl5N5O. The van der Waals surface area contributed by atoms with Crippen molar-refractivity contribution in [2.45, 2.75) is 0 Å². The van der Waals surface area contributed by atoms with Gasteiger partial charge in [-0.1, -0.05) is 58.0 Å². The van der Waals surface area contributed by atoms with Crippen LogP contribution in [0.1, 0.15) is 5.56 Å². The number of hydrogen-bond donors (Lipinski definition) is 3. The molecule has 0 unspecified atom stereocenters. The fraction of sp³-hybridized carbons (Fsp3) is 0. The third-order valence-electron chi connectivity index (χ3n) is 3.11. The Hall–Kier alpha value is -1.70. The van der Waals surface area contributed by atoms with Gasteiger partial charge in [0, 0.05) is 16.8 Å². The molecule has 3 rings (SSSR count). The number of phenolic OH excluding ortho intramolecular Hbond substituents is 1. The zero-order chi connectivity index (χ0) is 18.8. The summed E-state index contributed by atoms with van der Waals surface area (Å²) >= 11 is 29.7. The SMILES string of the molecule is Oc1c(Cl)cc(Cl)cc1/C=N/c1n[nH]c(Nc2cc(Cl)c(Cl)cc2Cl)n1. The van der Waals surface area contributed by atoms with Gasteiger partial charge in [0.25, 0.3) is 5.95 Å². The number of aromatic amines is 1. The Bertz CT molecular complexity index is 1000. The van der Waals surface area contributed by atoms with Gasteiger partial charge in [-0.25, -0.2) is 10.1 Å². The largest absolute Gasteiger partial charge is 0.506 e. The van der Waals surface area contributed by atoms with Gasteiger partial charge >= 0.3 is 0 Å². The van der Waals surface area contributed by atoms with E-state index >= 15 is 0 Å². The number of benzene rings is 2. The Morgan fingerprint density at radius 1 is 0.962 bits per heavy atom. The lowest BCUT2D eigenvalue weighted by atomic mass is 10.2. The van der Waals surface area contributed by atoms with Crippen LogP contribution in [-0.2, 0) is 0 Å². The summed E-state index contributed by atoms with van der Waals surface area (Å²) < 4.78 is 0. The average Bonchev–Trinajstić information content (AvgIpc) is 3.02. The van der Waals surface area contributed by atoms with Gasteiger partial charge in [-0.15, -0.1) is 5.10 Å². The van der Waals surface area contributed by atoms with E-state index in [1.54, 1.807) is 6.07 Å². The first kappa shape index (κ1) is 19.1. The van der Waals surface area contributed by atoms with E-state index in [0.717, 1.165) is 0 Å². The van der Waals surface area contributed by atoms with Gasteiger partial charge in [-0.3, -0.25) is 0 Å². The second-order valence-electron chi connectivity index (χ2n) is 4.94. The van der Waals surface area contributed by atoms with Crippen LogP contribution in [0, 0.1) is 0 Å². The van der Waals surface area contributed by atoms with E-state index in [4.69, 9.17) is 58.0 Å². The summed E-state index contributed by atoms with van der Waals surface area (Å²) in [6, 6.07) is 6.00. The van der Waals surface area contributed by atoms with Gasteiger partial charge in [0.1, 0.15) is 5.75 Å². The summed E-state index contributed by atoms with van der Waals surface area (Å²) in [5.41, 5.74) is 0.821. The van der Waals surface area contributed by atoms with Crippen molar-refractivity contribution in [3.05, 3.63) is 54.9 Å². The van der Waals surface area contributed by atoms with Crippen LogP contribution in [0.2, 0.25) is 25.1 Å². The Morgan fingerprint density at radius 3 is 2.46 bits per heavy atom. The highest BCUT2D eigenvalue weighted by Crippen LogP contribution is 2.33. The number of nitrogens with zero attached hydrogens (tertiary/aromatic N) is 3. The van der Waals surface area contributed by atoms with Crippen LogP contribution in [0.4, 0.5) is 17.6 Å². The van der Waals surface area contributed by atoms with Crippen LogP contribution in [0.5, 0.6) is 5.75 Å². The van der Waals surface area contributed by atoms with E-state index < -0.39 is 0 Å². The van der Waals surface area contributed by atoms with Crippen molar-refractivity contribution < 1.29 is 5.11 Å². The number of phenols is 1. The van der Waals surface area contributed by atoms with Crippen LogP contribution < -0.4 is 5.32 Å². The highest BCUT2D eigenvalue weighted by Gasteiger charge is 2.10. The van der Waals surface area contributed by atoms with E-state index in [-0.39, 0.29) is 22.7 Å². The van der Waals surface area contributed by atoms with Crippen molar-refractivity contribution in [1.29, 1.82) is 0 Å². The highest BCUT2D eigenvalue weighted by molar-refractivity contribution is 6.44. The maximum absolute atomic E-state index is 9.90. The number of hydrogen-bond acceptors (Lipinski definition) is 5. The summed E-state index contributed by atoms with van der Waals surface area (Å²) in [7, 11) is 0. The molecule has 11 heteroatoms. The quantitative estimate of drug-likeness (QED) is 0.322. The Labute approximate surface area is 172 Å². The number of aromatic nitrogens is 3. The summed E-state index contributed by atoms with van der Waals surface area (Å²) in [5, 5.41) is 20.9. The molecule has 1 aromatic heterocycles. The summed E-state index contributed by atoms with van der Waals surface area (Å²) in [5.74, 6) is 0.251. The Kier molecular flexibility index (Phi) is 5.79. The molecule has 0 saturated carbocycles.